The zero-order valence-electron chi connectivity index (χ0n) is 10.3. The normalized spacial score (nSPS) is 13.5. The SMILES string of the molecule is COCCC(C)NS(=O)(=O)c1ccc(F)c(N)c1. The van der Waals surface area contributed by atoms with Crippen LogP contribution in [0.2, 0.25) is 0 Å². The number of nitrogens with two attached hydrogens (primary N) is 1. The highest BCUT2D eigenvalue weighted by Crippen LogP contribution is 2.16. The van der Waals surface area contributed by atoms with Crippen molar-refractivity contribution >= 4 is 15.7 Å². The Bertz CT molecular complexity index is 505. The molecule has 0 aliphatic heterocycles. The van der Waals surface area contributed by atoms with Gasteiger partial charge in [0.25, 0.3) is 0 Å². The fourth-order valence-corrected chi connectivity index (χ4v) is 2.69. The highest BCUT2D eigenvalue weighted by molar-refractivity contribution is 7.89. The molecule has 0 aromatic heterocycles. The van der Waals surface area contributed by atoms with Crippen LogP contribution in [0.25, 0.3) is 0 Å². The molecule has 0 radical (unpaired) electrons. The number of benzene rings is 1. The average Bonchev–Trinajstić information content (AvgIpc) is 2.29. The minimum Gasteiger partial charge on any atom is -0.396 e. The minimum absolute atomic E-state index is 0.0503. The van der Waals surface area contributed by atoms with E-state index in [0.29, 0.717) is 13.0 Å². The molecule has 1 aromatic carbocycles. The second kappa shape index (κ2) is 6.12. The fourth-order valence-electron chi connectivity index (χ4n) is 1.38. The maximum absolute atomic E-state index is 13.0. The number of ether oxygens (including phenoxy) is 1. The Balaban J connectivity index is 2.83. The lowest BCUT2D eigenvalue weighted by Gasteiger charge is -2.14. The van der Waals surface area contributed by atoms with Gasteiger partial charge in [-0.15, -0.1) is 0 Å². The van der Waals surface area contributed by atoms with Crippen molar-refractivity contribution < 1.29 is 17.5 Å². The van der Waals surface area contributed by atoms with Gasteiger partial charge in [0.15, 0.2) is 0 Å². The number of anilines is 1. The van der Waals surface area contributed by atoms with Crippen molar-refractivity contribution in [3.05, 3.63) is 24.0 Å². The lowest BCUT2D eigenvalue weighted by Crippen LogP contribution is -2.33. The number of sulfonamides is 1. The number of methoxy groups -OCH3 is 1. The molecule has 0 fully saturated rings. The van der Waals surface area contributed by atoms with Crippen LogP contribution in [0.4, 0.5) is 10.1 Å². The van der Waals surface area contributed by atoms with E-state index in [9.17, 15) is 12.8 Å². The van der Waals surface area contributed by atoms with E-state index >= 15 is 0 Å². The number of hydrogen-bond acceptors (Lipinski definition) is 4. The van der Waals surface area contributed by atoms with Crippen LogP contribution >= 0.6 is 0 Å². The summed E-state index contributed by atoms with van der Waals surface area (Å²) in [5.74, 6) is -0.638. The van der Waals surface area contributed by atoms with E-state index in [0.717, 1.165) is 12.1 Å². The fraction of sp³-hybridized carbons (Fsp3) is 0.455. The number of halogens is 1. The van der Waals surface area contributed by atoms with E-state index in [-0.39, 0.29) is 16.6 Å². The summed E-state index contributed by atoms with van der Waals surface area (Å²) in [6, 6.07) is 3.03. The number of rotatable bonds is 6. The van der Waals surface area contributed by atoms with Crippen LogP contribution in [0.5, 0.6) is 0 Å². The maximum Gasteiger partial charge on any atom is 0.240 e. The van der Waals surface area contributed by atoms with Gasteiger partial charge in [0.2, 0.25) is 10.0 Å². The molecular formula is C11H17FN2O3S. The molecule has 102 valence electrons. The van der Waals surface area contributed by atoms with Crippen molar-refractivity contribution in [2.75, 3.05) is 19.5 Å². The molecule has 0 spiro atoms. The molecule has 1 atom stereocenters. The summed E-state index contributed by atoms with van der Waals surface area (Å²) in [6.07, 6.45) is 0.548. The quantitative estimate of drug-likeness (QED) is 0.763. The van der Waals surface area contributed by atoms with Crippen molar-refractivity contribution in [2.24, 2.45) is 0 Å². The predicted molar refractivity (Wildman–Crippen MR) is 67.1 cm³/mol. The average molecular weight is 276 g/mol. The Kier molecular flexibility index (Phi) is 5.06. The molecule has 0 amide bonds. The molecule has 1 rings (SSSR count). The summed E-state index contributed by atoms with van der Waals surface area (Å²) < 4.78 is 44.2. The van der Waals surface area contributed by atoms with Gasteiger partial charge in [-0.1, -0.05) is 0 Å². The summed E-state index contributed by atoms with van der Waals surface area (Å²) in [6.45, 7) is 2.18. The van der Waals surface area contributed by atoms with Gasteiger partial charge in [-0.2, -0.15) is 0 Å². The van der Waals surface area contributed by atoms with Crippen LogP contribution in [0.1, 0.15) is 13.3 Å². The number of hydrogen-bond donors (Lipinski definition) is 2. The third kappa shape index (κ3) is 3.94. The highest BCUT2D eigenvalue weighted by Gasteiger charge is 2.18. The molecule has 0 bridgehead atoms. The standard InChI is InChI=1S/C11H17FN2O3S/c1-8(5-6-17-2)14-18(15,16)9-3-4-10(12)11(13)7-9/h3-4,7-8,14H,5-6,13H2,1-2H3. The monoisotopic (exact) mass is 276 g/mol. The van der Waals surface area contributed by atoms with Crippen LogP contribution in [0.15, 0.2) is 23.1 Å². The first kappa shape index (κ1) is 14.9. The lowest BCUT2D eigenvalue weighted by molar-refractivity contribution is 0.188. The van der Waals surface area contributed by atoms with Crippen molar-refractivity contribution in [1.82, 2.24) is 4.72 Å². The smallest absolute Gasteiger partial charge is 0.240 e. The van der Waals surface area contributed by atoms with Crippen LogP contribution < -0.4 is 10.5 Å². The van der Waals surface area contributed by atoms with Crippen LogP contribution in [-0.4, -0.2) is 28.2 Å². The molecule has 1 aromatic rings. The minimum atomic E-state index is -3.68. The van der Waals surface area contributed by atoms with E-state index in [2.05, 4.69) is 4.72 Å². The van der Waals surface area contributed by atoms with Crippen molar-refractivity contribution in [3.63, 3.8) is 0 Å². The predicted octanol–water partition coefficient (Wildman–Crippen LogP) is 1.11. The van der Waals surface area contributed by atoms with Crippen LogP contribution in [-0.2, 0) is 14.8 Å². The first-order chi connectivity index (χ1) is 8.36. The van der Waals surface area contributed by atoms with Gasteiger partial charge in [-0.3, -0.25) is 0 Å². The molecule has 5 nitrogen and oxygen atoms in total. The molecule has 0 aliphatic carbocycles. The van der Waals surface area contributed by atoms with Gasteiger partial charge < -0.3 is 10.5 Å². The topological polar surface area (TPSA) is 81.4 Å². The molecule has 0 saturated heterocycles. The zero-order valence-corrected chi connectivity index (χ0v) is 11.1. The van der Waals surface area contributed by atoms with Crippen molar-refractivity contribution in [2.45, 2.75) is 24.3 Å². The second-order valence-electron chi connectivity index (χ2n) is 3.99. The second-order valence-corrected chi connectivity index (χ2v) is 5.70. The molecule has 0 saturated carbocycles. The Morgan fingerprint density at radius 3 is 2.72 bits per heavy atom. The highest BCUT2D eigenvalue weighted by atomic mass is 32.2. The Morgan fingerprint density at radius 2 is 2.17 bits per heavy atom. The summed E-state index contributed by atoms with van der Waals surface area (Å²) >= 11 is 0. The zero-order chi connectivity index (χ0) is 13.8. The van der Waals surface area contributed by atoms with E-state index < -0.39 is 15.8 Å². The lowest BCUT2D eigenvalue weighted by atomic mass is 10.3. The molecular weight excluding hydrogens is 259 g/mol. The Labute approximate surface area is 106 Å². The largest absolute Gasteiger partial charge is 0.396 e. The first-order valence-electron chi connectivity index (χ1n) is 5.43. The third-order valence-corrected chi connectivity index (χ3v) is 3.98. The molecule has 1 unspecified atom stereocenters. The van der Waals surface area contributed by atoms with Gasteiger partial charge in [-0.25, -0.2) is 17.5 Å². The van der Waals surface area contributed by atoms with Crippen LogP contribution in [0.3, 0.4) is 0 Å². The van der Waals surface area contributed by atoms with E-state index in [1.54, 1.807) is 14.0 Å². The van der Waals surface area contributed by atoms with E-state index in [1.165, 1.54) is 6.07 Å². The van der Waals surface area contributed by atoms with Gasteiger partial charge in [0, 0.05) is 19.8 Å². The molecule has 0 heterocycles. The molecule has 7 heteroatoms. The van der Waals surface area contributed by atoms with Gasteiger partial charge in [0.1, 0.15) is 5.82 Å². The third-order valence-electron chi connectivity index (χ3n) is 2.39. The first-order valence-corrected chi connectivity index (χ1v) is 6.91. The molecule has 18 heavy (non-hydrogen) atoms. The van der Waals surface area contributed by atoms with Crippen molar-refractivity contribution in [3.8, 4) is 0 Å². The number of nitrogens with one attached hydrogen (secondary N) is 1. The maximum atomic E-state index is 13.0. The Hall–Kier alpha value is -1.18. The summed E-state index contributed by atoms with van der Waals surface area (Å²) in [5, 5.41) is 0. The van der Waals surface area contributed by atoms with Crippen molar-refractivity contribution in [1.29, 1.82) is 0 Å². The molecule has 0 aliphatic rings. The van der Waals surface area contributed by atoms with E-state index in [4.69, 9.17) is 10.5 Å². The molecule has 3 N–H and O–H groups in total. The number of nitrogen functional groups attached to an aromatic ring is 1. The summed E-state index contributed by atoms with van der Waals surface area (Å²) in [5.41, 5.74) is 5.15. The summed E-state index contributed by atoms with van der Waals surface area (Å²) in [7, 11) is -2.14. The summed E-state index contributed by atoms with van der Waals surface area (Å²) in [4.78, 5) is -0.0503. The van der Waals surface area contributed by atoms with Crippen LogP contribution in [0, 0.1) is 5.82 Å². The van der Waals surface area contributed by atoms with Gasteiger partial charge in [0.05, 0.1) is 10.6 Å². The van der Waals surface area contributed by atoms with Gasteiger partial charge in [-0.05, 0) is 31.5 Å². The van der Waals surface area contributed by atoms with E-state index in [1.807, 2.05) is 0 Å². The Morgan fingerprint density at radius 1 is 1.50 bits per heavy atom. The van der Waals surface area contributed by atoms with Gasteiger partial charge >= 0.3 is 0 Å².